The monoisotopic (exact) mass is 391 g/mol. The summed E-state index contributed by atoms with van der Waals surface area (Å²) in [5.41, 5.74) is 4.13. The van der Waals surface area contributed by atoms with Gasteiger partial charge in [0.2, 0.25) is 0 Å². The van der Waals surface area contributed by atoms with Crippen LogP contribution in [0.1, 0.15) is 23.6 Å². The lowest BCUT2D eigenvalue weighted by atomic mass is 10.1. The van der Waals surface area contributed by atoms with Crippen LogP contribution < -0.4 is 10.1 Å². The molecule has 1 atom stereocenters. The molecule has 3 rings (SSSR count). The third-order valence-corrected chi connectivity index (χ3v) is 5.64. The molecule has 0 aliphatic heterocycles. The highest BCUT2D eigenvalue weighted by Crippen LogP contribution is 2.33. The maximum Gasteiger partial charge on any atom is 0.265 e. The Hall–Kier alpha value is -2.72. The Kier molecular flexibility index (Phi) is 6.42. The zero-order chi connectivity index (χ0) is 20.1. The molecule has 4 heteroatoms. The molecule has 28 heavy (non-hydrogen) atoms. The Morgan fingerprint density at radius 1 is 0.964 bits per heavy atom. The van der Waals surface area contributed by atoms with Crippen LogP contribution in [0.4, 0.5) is 5.69 Å². The van der Waals surface area contributed by atoms with E-state index in [0.717, 1.165) is 37.9 Å². The molecule has 0 spiro atoms. The van der Waals surface area contributed by atoms with Crippen molar-refractivity contribution in [1.29, 1.82) is 0 Å². The van der Waals surface area contributed by atoms with E-state index in [-0.39, 0.29) is 5.91 Å². The largest absolute Gasteiger partial charge is 0.481 e. The number of amides is 1. The maximum absolute atomic E-state index is 12.8. The van der Waals surface area contributed by atoms with Gasteiger partial charge in [0.1, 0.15) is 5.75 Å². The molecule has 0 bridgehead atoms. The Morgan fingerprint density at radius 3 is 2.39 bits per heavy atom. The summed E-state index contributed by atoms with van der Waals surface area (Å²) in [6.45, 7) is 7.87. The number of para-hydroxylation sites is 1. The van der Waals surface area contributed by atoms with Crippen LogP contribution in [0, 0.1) is 20.8 Å². The van der Waals surface area contributed by atoms with Gasteiger partial charge in [0.05, 0.1) is 5.69 Å². The number of carbonyl (C=O) groups is 1. The van der Waals surface area contributed by atoms with Crippen molar-refractivity contribution in [3.63, 3.8) is 0 Å². The summed E-state index contributed by atoms with van der Waals surface area (Å²) in [6, 6.07) is 22.0. The van der Waals surface area contributed by atoms with E-state index in [4.69, 9.17) is 4.74 Å². The molecule has 3 nitrogen and oxygen atoms in total. The van der Waals surface area contributed by atoms with E-state index >= 15 is 0 Å². The van der Waals surface area contributed by atoms with Gasteiger partial charge in [-0.2, -0.15) is 0 Å². The van der Waals surface area contributed by atoms with Gasteiger partial charge in [0, 0.05) is 9.79 Å². The van der Waals surface area contributed by atoms with Crippen molar-refractivity contribution < 1.29 is 9.53 Å². The van der Waals surface area contributed by atoms with Crippen LogP contribution in [0.15, 0.2) is 76.5 Å². The maximum atomic E-state index is 12.8. The van der Waals surface area contributed by atoms with Gasteiger partial charge in [-0.25, -0.2) is 0 Å². The number of rotatable bonds is 6. The summed E-state index contributed by atoms with van der Waals surface area (Å²) in [7, 11) is 0. The fourth-order valence-electron chi connectivity index (χ4n) is 2.88. The summed E-state index contributed by atoms with van der Waals surface area (Å²) in [5, 5.41) is 3.01. The second kappa shape index (κ2) is 8.98. The van der Waals surface area contributed by atoms with Crippen LogP contribution in [0.3, 0.4) is 0 Å². The van der Waals surface area contributed by atoms with E-state index in [0.29, 0.717) is 0 Å². The molecular weight excluding hydrogens is 366 g/mol. The Bertz CT molecular complexity index is 970. The van der Waals surface area contributed by atoms with E-state index in [2.05, 4.69) is 30.4 Å². The fourth-order valence-corrected chi connectivity index (χ4v) is 3.80. The average Bonchev–Trinajstić information content (AvgIpc) is 2.68. The first-order valence-corrected chi connectivity index (χ1v) is 10.1. The average molecular weight is 392 g/mol. The van der Waals surface area contributed by atoms with Crippen molar-refractivity contribution in [2.45, 2.75) is 43.6 Å². The zero-order valence-electron chi connectivity index (χ0n) is 16.7. The van der Waals surface area contributed by atoms with Gasteiger partial charge < -0.3 is 10.1 Å². The van der Waals surface area contributed by atoms with Gasteiger partial charge in [0.25, 0.3) is 5.91 Å². The lowest BCUT2D eigenvalue weighted by Crippen LogP contribution is -2.30. The van der Waals surface area contributed by atoms with Crippen LogP contribution >= 0.6 is 11.8 Å². The minimum Gasteiger partial charge on any atom is -0.481 e. The number of ether oxygens (including phenoxy) is 1. The SMILES string of the molecule is Cc1cc(C)c(C)c(O[C@@H](C)C(=O)Nc2ccccc2Sc2ccccc2)c1. The van der Waals surface area contributed by atoms with Crippen molar-refractivity contribution >= 4 is 23.4 Å². The molecule has 3 aromatic carbocycles. The van der Waals surface area contributed by atoms with Crippen molar-refractivity contribution in [1.82, 2.24) is 0 Å². The molecule has 0 aliphatic rings. The van der Waals surface area contributed by atoms with E-state index in [1.807, 2.05) is 62.4 Å². The molecule has 0 unspecified atom stereocenters. The molecule has 0 aliphatic carbocycles. The third kappa shape index (κ3) is 4.96. The lowest BCUT2D eigenvalue weighted by molar-refractivity contribution is -0.122. The fraction of sp³-hybridized carbons (Fsp3) is 0.208. The molecule has 0 heterocycles. The number of anilines is 1. The molecule has 1 amide bonds. The second-order valence-electron chi connectivity index (χ2n) is 6.87. The summed E-state index contributed by atoms with van der Waals surface area (Å²) in [4.78, 5) is 14.9. The molecule has 0 aromatic heterocycles. The van der Waals surface area contributed by atoms with Crippen molar-refractivity contribution in [2.24, 2.45) is 0 Å². The molecule has 0 radical (unpaired) electrons. The highest BCUT2D eigenvalue weighted by atomic mass is 32.2. The Labute approximate surface area is 171 Å². The summed E-state index contributed by atoms with van der Waals surface area (Å²) >= 11 is 1.62. The number of benzene rings is 3. The van der Waals surface area contributed by atoms with Gasteiger partial charge in [-0.05, 0) is 74.7 Å². The molecular formula is C24H25NO2S. The molecule has 0 fully saturated rings. The standard InChI is InChI=1S/C24H25NO2S/c1-16-14-17(2)18(3)22(15-16)27-19(4)24(26)25-21-12-8-9-13-23(21)28-20-10-6-5-7-11-20/h5-15,19H,1-4H3,(H,25,26)/t19-/m0/s1. The first-order chi connectivity index (χ1) is 13.4. The topological polar surface area (TPSA) is 38.3 Å². The number of hydrogen-bond acceptors (Lipinski definition) is 3. The Morgan fingerprint density at radius 2 is 1.64 bits per heavy atom. The van der Waals surface area contributed by atoms with Crippen LogP contribution in [-0.2, 0) is 4.79 Å². The van der Waals surface area contributed by atoms with Crippen molar-refractivity contribution in [2.75, 3.05) is 5.32 Å². The molecule has 144 valence electrons. The predicted molar refractivity (Wildman–Crippen MR) is 116 cm³/mol. The van der Waals surface area contributed by atoms with Crippen molar-refractivity contribution in [3.05, 3.63) is 83.4 Å². The van der Waals surface area contributed by atoms with Crippen LogP contribution in [0.2, 0.25) is 0 Å². The van der Waals surface area contributed by atoms with Crippen molar-refractivity contribution in [3.8, 4) is 5.75 Å². The quantitative estimate of drug-likeness (QED) is 0.546. The van der Waals surface area contributed by atoms with Gasteiger partial charge in [-0.3, -0.25) is 4.79 Å². The van der Waals surface area contributed by atoms with E-state index in [1.165, 1.54) is 0 Å². The van der Waals surface area contributed by atoms with Gasteiger partial charge >= 0.3 is 0 Å². The lowest BCUT2D eigenvalue weighted by Gasteiger charge is -2.19. The first-order valence-electron chi connectivity index (χ1n) is 9.31. The predicted octanol–water partition coefficient (Wildman–Crippen LogP) is 6.17. The molecule has 1 N–H and O–H groups in total. The van der Waals surface area contributed by atoms with Gasteiger partial charge in [0.15, 0.2) is 6.10 Å². The number of nitrogens with one attached hydrogen (secondary N) is 1. The number of aryl methyl sites for hydroxylation is 2. The summed E-state index contributed by atoms with van der Waals surface area (Å²) in [5.74, 6) is 0.590. The first kappa shape index (κ1) is 20.0. The van der Waals surface area contributed by atoms with Crippen LogP contribution in [-0.4, -0.2) is 12.0 Å². The second-order valence-corrected chi connectivity index (χ2v) is 7.98. The molecule has 0 saturated carbocycles. The summed E-state index contributed by atoms with van der Waals surface area (Å²) < 4.78 is 5.98. The normalized spacial score (nSPS) is 11.7. The van der Waals surface area contributed by atoms with E-state index in [9.17, 15) is 4.79 Å². The zero-order valence-corrected chi connectivity index (χ0v) is 17.5. The minimum absolute atomic E-state index is 0.167. The van der Waals surface area contributed by atoms with E-state index < -0.39 is 6.10 Å². The smallest absolute Gasteiger partial charge is 0.265 e. The highest BCUT2D eigenvalue weighted by Gasteiger charge is 2.18. The highest BCUT2D eigenvalue weighted by molar-refractivity contribution is 7.99. The summed E-state index contributed by atoms with van der Waals surface area (Å²) in [6.07, 6.45) is -0.602. The molecule has 0 saturated heterocycles. The number of hydrogen-bond donors (Lipinski definition) is 1. The number of carbonyl (C=O) groups excluding carboxylic acids is 1. The van der Waals surface area contributed by atoms with E-state index in [1.54, 1.807) is 18.7 Å². The van der Waals surface area contributed by atoms with Crippen LogP contribution in [0.5, 0.6) is 5.75 Å². The Balaban J connectivity index is 1.73. The van der Waals surface area contributed by atoms with Crippen LogP contribution in [0.25, 0.3) is 0 Å². The van der Waals surface area contributed by atoms with Gasteiger partial charge in [-0.1, -0.05) is 48.2 Å². The van der Waals surface area contributed by atoms with Gasteiger partial charge in [-0.15, -0.1) is 0 Å². The molecule has 3 aromatic rings. The minimum atomic E-state index is -0.602. The third-order valence-electron chi connectivity index (χ3n) is 4.55.